The number of benzene rings is 1. The highest BCUT2D eigenvalue weighted by molar-refractivity contribution is 7.89. The van der Waals surface area contributed by atoms with Crippen LogP contribution in [0.1, 0.15) is 25.8 Å². The van der Waals surface area contributed by atoms with E-state index in [1.807, 2.05) is 0 Å². The van der Waals surface area contributed by atoms with Crippen molar-refractivity contribution in [3.05, 3.63) is 29.8 Å². The zero-order valence-corrected chi connectivity index (χ0v) is 13.2. The molecule has 0 atom stereocenters. The van der Waals surface area contributed by atoms with Gasteiger partial charge >= 0.3 is 5.97 Å². The molecule has 0 radical (unpaired) electrons. The first-order valence-corrected chi connectivity index (χ1v) is 7.99. The van der Waals surface area contributed by atoms with Gasteiger partial charge in [0.1, 0.15) is 0 Å². The van der Waals surface area contributed by atoms with Gasteiger partial charge in [-0.3, -0.25) is 4.79 Å². The Morgan fingerprint density at radius 2 is 1.86 bits per heavy atom. The van der Waals surface area contributed by atoms with Crippen LogP contribution in [-0.4, -0.2) is 38.7 Å². The quantitative estimate of drug-likeness (QED) is 0.727. The third kappa shape index (κ3) is 5.45. The van der Waals surface area contributed by atoms with E-state index in [1.165, 1.54) is 19.2 Å². The maximum Gasteiger partial charge on any atom is 0.309 e. The molecule has 21 heavy (non-hydrogen) atoms. The molecule has 0 aliphatic rings. The molecule has 0 fully saturated rings. The van der Waals surface area contributed by atoms with Crippen LogP contribution in [0.5, 0.6) is 0 Å². The number of esters is 1. The van der Waals surface area contributed by atoms with Crippen LogP contribution >= 0.6 is 0 Å². The summed E-state index contributed by atoms with van der Waals surface area (Å²) in [5.74, 6) is -0.382. The molecule has 0 unspecified atom stereocenters. The van der Waals surface area contributed by atoms with Gasteiger partial charge in [0.2, 0.25) is 10.0 Å². The summed E-state index contributed by atoms with van der Waals surface area (Å²) in [7, 11) is -2.37. The number of aliphatic hydroxyl groups excluding tert-OH is 1. The molecule has 0 aliphatic carbocycles. The number of sulfonamides is 1. The molecule has 0 saturated carbocycles. The van der Waals surface area contributed by atoms with E-state index in [-0.39, 0.29) is 23.9 Å². The second kappa shape index (κ2) is 7.02. The lowest BCUT2D eigenvalue weighted by Gasteiger charge is -2.25. The second-order valence-electron chi connectivity index (χ2n) is 5.36. The van der Waals surface area contributed by atoms with E-state index in [4.69, 9.17) is 5.11 Å². The normalized spacial score (nSPS) is 12.2. The van der Waals surface area contributed by atoms with Crippen LogP contribution in [0.15, 0.2) is 29.2 Å². The van der Waals surface area contributed by atoms with Gasteiger partial charge in [0, 0.05) is 12.1 Å². The van der Waals surface area contributed by atoms with Gasteiger partial charge in [-0.05, 0) is 38.0 Å². The summed E-state index contributed by atoms with van der Waals surface area (Å²) in [6, 6.07) is 6.03. The van der Waals surface area contributed by atoms with Crippen molar-refractivity contribution in [1.29, 1.82) is 0 Å². The zero-order valence-electron chi connectivity index (χ0n) is 12.4. The zero-order chi connectivity index (χ0) is 16.1. The molecular formula is C14H21NO5S. The van der Waals surface area contributed by atoms with Crippen LogP contribution in [0.25, 0.3) is 0 Å². The molecule has 0 amide bonds. The average Bonchev–Trinajstić information content (AvgIpc) is 2.37. The van der Waals surface area contributed by atoms with Crippen molar-refractivity contribution in [3.63, 3.8) is 0 Å². The number of ether oxygens (including phenoxy) is 1. The molecule has 1 aromatic carbocycles. The number of nitrogens with one attached hydrogen (secondary N) is 1. The predicted octanol–water partition coefficient (Wildman–Crippen LogP) is 0.841. The van der Waals surface area contributed by atoms with E-state index in [0.29, 0.717) is 12.0 Å². The molecule has 1 aromatic rings. The van der Waals surface area contributed by atoms with Crippen molar-refractivity contribution < 1.29 is 23.1 Å². The third-order valence-electron chi connectivity index (χ3n) is 2.96. The van der Waals surface area contributed by atoms with Crippen molar-refractivity contribution in [2.45, 2.75) is 37.1 Å². The van der Waals surface area contributed by atoms with Crippen LogP contribution in [0, 0.1) is 0 Å². The van der Waals surface area contributed by atoms with E-state index < -0.39 is 15.6 Å². The Labute approximate surface area is 125 Å². The Hall–Kier alpha value is -1.44. The minimum Gasteiger partial charge on any atom is -0.469 e. The number of hydrogen-bond donors (Lipinski definition) is 2. The summed E-state index contributed by atoms with van der Waals surface area (Å²) < 4.78 is 31.5. The number of rotatable bonds is 7. The molecule has 2 N–H and O–H groups in total. The van der Waals surface area contributed by atoms with Crippen molar-refractivity contribution in [3.8, 4) is 0 Å². The Kier molecular flexibility index (Phi) is 5.88. The molecule has 7 heteroatoms. The van der Waals surface area contributed by atoms with Crippen LogP contribution in [-0.2, 0) is 26.0 Å². The van der Waals surface area contributed by atoms with Crippen molar-refractivity contribution >= 4 is 16.0 Å². The first-order valence-electron chi connectivity index (χ1n) is 6.51. The molecule has 0 spiro atoms. The molecule has 118 valence electrons. The Morgan fingerprint density at radius 1 is 1.29 bits per heavy atom. The first kappa shape index (κ1) is 17.6. The average molecular weight is 315 g/mol. The smallest absolute Gasteiger partial charge is 0.309 e. The molecule has 6 nitrogen and oxygen atoms in total. The van der Waals surface area contributed by atoms with Crippen LogP contribution in [0.3, 0.4) is 0 Å². The van der Waals surface area contributed by atoms with Crippen molar-refractivity contribution in [1.82, 2.24) is 4.72 Å². The highest BCUT2D eigenvalue weighted by atomic mass is 32.2. The van der Waals surface area contributed by atoms with E-state index in [2.05, 4.69) is 9.46 Å². The fourth-order valence-corrected chi connectivity index (χ4v) is 3.22. The number of carbonyl (C=O) groups excluding carboxylic acids is 1. The topological polar surface area (TPSA) is 92.7 Å². The van der Waals surface area contributed by atoms with Gasteiger partial charge in [0.15, 0.2) is 0 Å². The maximum atomic E-state index is 12.2. The fourth-order valence-electron chi connectivity index (χ4n) is 1.78. The molecule has 1 rings (SSSR count). The lowest BCUT2D eigenvalue weighted by Crippen LogP contribution is -2.43. The number of methoxy groups -OCH3 is 1. The summed E-state index contributed by atoms with van der Waals surface area (Å²) in [5.41, 5.74) is -0.0615. The standard InChI is InChI=1S/C14H21NO5S/c1-14(2,8-9-16)15-21(18,19)12-6-4-11(5-7-12)10-13(17)20-3/h4-7,15-16H,8-10H2,1-3H3. The number of aliphatic hydroxyl groups is 1. The summed E-state index contributed by atoms with van der Waals surface area (Å²) in [6.45, 7) is 3.30. The van der Waals surface area contributed by atoms with Gasteiger partial charge in [0.25, 0.3) is 0 Å². The van der Waals surface area contributed by atoms with Crippen molar-refractivity contribution in [2.24, 2.45) is 0 Å². The first-order chi connectivity index (χ1) is 9.70. The van der Waals surface area contributed by atoms with E-state index in [1.54, 1.807) is 26.0 Å². The molecule has 0 saturated heterocycles. The molecule has 0 heterocycles. The lowest BCUT2D eigenvalue weighted by molar-refractivity contribution is -0.139. The third-order valence-corrected chi connectivity index (χ3v) is 4.67. The van der Waals surface area contributed by atoms with Crippen molar-refractivity contribution in [2.75, 3.05) is 13.7 Å². The monoisotopic (exact) mass is 315 g/mol. The van der Waals surface area contributed by atoms with E-state index in [0.717, 1.165) is 0 Å². The van der Waals surface area contributed by atoms with Gasteiger partial charge < -0.3 is 9.84 Å². The predicted molar refractivity (Wildman–Crippen MR) is 78.3 cm³/mol. The van der Waals surface area contributed by atoms with Gasteiger partial charge in [-0.2, -0.15) is 0 Å². The minimum atomic E-state index is -3.67. The van der Waals surface area contributed by atoms with Crippen LogP contribution in [0.2, 0.25) is 0 Å². The maximum absolute atomic E-state index is 12.2. The van der Waals surface area contributed by atoms with Gasteiger partial charge in [-0.1, -0.05) is 12.1 Å². The van der Waals surface area contributed by atoms with Gasteiger partial charge in [0.05, 0.1) is 18.4 Å². The summed E-state index contributed by atoms with van der Waals surface area (Å²) in [5, 5.41) is 8.93. The van der Waals surface area contributed by atoms with Crippen LogP contribution in [0.4, 0.5) is 0 Å². The molecule has 0 bridgehead atoms. The van der Waals surface area contributed by atoms with Gasteiger partial charge in [-0.25, -0.2) is 13.1 Å². The SMILES string of the molecule is COC(=O)Cc1ccc(S(=O)(=O)NC(C)(C)CCO)cc1. The van der Waals surface area contributed by atoms with E-state index >= 15 is 0 Å². The van der Waals surface area contributed by atoms with E-state index in [9.17, 15) is 13.2 Å². The second-order valence-corrected chi connectivity index (χ2v) is 7.04. The Bertz CT molecular complexity index is 578. The lowest BCUT2D eigenvalue weighted by atomic mass is 10.0. The number of carbonyl (C=O) groups is 1. The highest BCUT2D eigenvalue weighted by Gasteiger charge is 2.25. The number of hydrogen-bond acceptors (Lipinski definition) is 5. The minimum absolute atomic E-state index is 0.0975. The fraction of sp³-hybridized carbons (Fsp3) is 0.500. The largest absolute Gasteiger partial charge is 0.469 e. The summed E-state index contributed by atoms with van der Waals surface area (Å²) >= 11 is 0. The molecule has 0 aromatic heterocycles. The summed E-state index contributed by atoms with van der Waals surface area (Å²) in [6.07, 6.45) is 0.410. The Morgan fingerprint density at radius 3 is 2.33 bits per heavy atom. The van der Waals surface area contributed by atoms with Gasteiger partial charge in [-0.15, -0.1) is 0 Å². The molecular weight excluding hydrogens is 294 g/mol. The Balaban J connectivity index is 2.87. The molecule has 0 aliphatic heterocycles. The van der Waals surface area contributed by atoms with Crippen LogP contribution < -0.4 is 4.72 Å². The summed E-state index contributed by atoms with van der Waals surface area (Å²) in [4.78, 5) is 11.3. The highest BCUT2D eigenvalue weighted by Crippen LogP contribution is 2.16.